The van der Waals surface area contributed by atoms with Gasteiger partial charge in [0.25, 0.3) is 6.20 Å². The molecule has 1 aromatic heterocycles. The molecule has 5 rings (SSSR count). The van der Waals surface area contributed by atoms with Crippen LogP contribution in [0.5, 0.6) is 11.5 Å². The summed E-state index contributed by atoms with van der Waals surface area (Å²) in [6, 6.07) is 36.0. The van der Waals surface area contributed by atoms with Gasteiger partial charge in [-0.2, -0.15) is 30.3 Å². The summed E-state index contributed by atoms with van der Waals surface area (Å²) in [6.45, 7) is 0. The van der Waals surface area contributed by atoms with Crippen molar-refractivity contribution < 1.29 is 53.7 Å². The standard InChI is InChI=1S/C26H15N4O.ClH.2Pt/c1-29-13-14-30(19-29)22-10-6-12-24(16-22)31-23-11-5-9-21(15-23)26-17-25(27-18-28-26)20-7-3-2-4-8-20;;;/h2-7,10-14,18H,1H3;1H;;/q-3;;+1;+2/p-1. The summed E-state index contributed by atoms with van der Waals surface area (Å²) in [5, 5.41) is 0. The minimum atomic E-state index is 0. The fraction of sp³-hybridized carbons (Fsp3) is 0.0385. The Bertz CT molecular complexity index is 1370. The Morgan fingerprint density at radius 3 is 2.47 bits per heavy atom. The first-order valence-electron chi connectivity index (χ1n) is 9.69. The Labute approximate surface area is 228 Å². The molecule has 173 valence electrons. The number of hydrogen-bond acceptors (Lipinski definition) is 3. The van der Waals surface area contributed by atoms with Gasteiger partial charge in [-0.05, 0) is 0 Å². The Kier molecular flexibility index (Phi) is 9.69. The van der Waals surface area contributed by atoms with Gasteiger partial charge < -0.3 is 32.4 Å². The van der Waals surface area contributed by atoms with Gasteiger partial charge >= 0.3 is 55.3 Å². The first-order chi connectivity index (χ1) is 16.2. The van der Waals surface area contributed by atoms with E-state index in [0.29, 0.717) is 28.5 Å². The third-order valence-corrected chi connectivity index (χ3v) is 4.46. The Balaban J connectivity index is 0.00000105. The van der Waals surface area contributed by atoms with Crippen LogP contribution in [0.25, 0.3) is 22.5 Å². The molecular weight excluding hydrogens is 810 g/mol. The predicted octanol–water partition coefficient (Wildman–Crippen LogP) is 5.23. The van der Waals surface area contributed by atoms with Crippen LogP contribution in [0.2, 0.25) is 0 Å². The third kappa shape index (κ3) is 6.47. The number of nitrogens with zero attached hydrogens (tertiary/aromatic N) is 4. The predicted molar refractivity (Wildman–Crippen MR) is 120 cm³/mol. The average Bonchev–Trinajstić information content (AvgIpc) is 3.33. The van der Waals surface area contributed by atoms with Crippen LogP contribution in [-0.2, 0) is 39.8 Å². The van der Waals surface area contributed by atoms with Crippen LogP contribution in [0.3, 0.4) is 0 Å². The van der Waals surface area contributed by atoms with Gasteiger partial charge in [0.05, 0.1) is 6.33 Å². The summed E-state index contributed by atoms with van der Waals surface area (Å²) in [6.07, 6.45) is 5.32. The maximum Gasteiger partial charge on any atom is 2.00 e. The van der Waals surface area contributed by atoms with E-state index < -0.39 is 0 Å². The normalized spacial score (nSPS) is 11.5. The van der Waals surface area contributed by atoms with Crippen molar-refractivity contribution in [3.63, 3.8) is 0 Å². The monoisotopic (exact) mass is 824 g/mol. The molecule has 8 heteroatoms. The van der Waals surface area contributed by atoms with Crippen molar-refractivity contribution >= 4 is 21.1 Å². The first-order valence-corrected chi connectivity index (χ1v) is 12.5. The van der Waals surface area contributed by atoms with Gasteiger partial charge in [-0.1, -0.05) is 27.0 Å². The molecule has 0 aliphatic carbocycles. The number of benzene rings is 3. The second-order valence-electron chi connectivity index (χ2n) is 6.70. The molecule has 2 heterocycles. The molecule has 5 nitrogen and oxygen atoms in total. The molecule has 4 aromatic rings. The zero-order valence-electron chi connectivity index (χ0n) is 17.6. The molecule has 0 saturated carbocycles. The Morgan fingerprint density at radius 2 is 1.71 bits per heavy atom. The van der Waals surface area contributed by atoms with E-state index >= 15 is 0 Å². The van der Waals surface area contributed by atoms with Crippen molar-refractivity contribution in [2.75, 3.05) is 7.05 Å². The maximum atomic E-state index is 6.00. The van der Waals surface area contributed by atoms with Crippen LogP contribution in [0, 0.1) is 30.3 Å². The average molecular weight is 825 g/mol. The van der Waals surface area contributed by atoms with Gasteiger partial charge in [0.1, 0.15) is 5.69 Å². The second-order valence-corrected chi connectivity index (χ2v) is 6.70. The quantitative estimate of drug-likeness (QED) is 0.205. The minimum absolute atomic E-state index is 0. The van der Waals surface area contributed by atoms with Gasteiger partial charge in [-0.25, -0.2) is 23.4 Å². The first kappa shape index (κ1) is 25.9. The molecule has 1 aliphatic rings. The summed E-state index contributed by atoms with van der Waals surface area (Å²) in [4.78, 5) is 8.62. The van der Waals surface area contributed by atoms with E-state index in [4.69, 9.17) is 4.74 Å². The van der Waals surface area contributed by atoms with Crippen LogP contribution in [0.1, 0.15) is 0 Å². The topological polar surface area (TPSA) is 41.0 Å². The summed E-state index contributed by atoms with van der Waals surface area (Å²) in [7, 11) is 6.53. The van der Waals surface area contributed by atoms with Crippen LogP contribution in [-0.4, -0.2) is 32.2 Å². The summed E-state index contributed by atoms with van der Waals surface area (Å²) in [5.74, 6) is 1.10. The van der Waals surface area contributed by atoms with Gasteiger partial charge in [0, 0.05) is 5.75 Å². The third-order valence-electron chi connectivity index (χ3n) is 4.46. The Hall–Kier alpha value is -2.67. The van der Waals surface area contributed by atoms with Crippen LogP contribution < -0.4 is 4.74 Å². The largest absolute Gasteiger partial charge is 2.00 e. The van der Waals surface area contributed by atoms with Gasteiger partial charge in [0.2, 0.25) is 6.20 Å². The fourth-order valence-electron chi connectivity index (χ4n) is 3.01. The van der Waals surface area contributed by atoms with Crippen molar-refractivity contribution in [1.29, 1.82) is 0 Å². The summed E-state index contributed by atoms with van der Waals surface area (Å²) in [5.41, 5.74) is 3.56. The molecule has 0 amide bonds. The van der Waals surface area contributed by atoms with Crippen LogP contribution >= 0.6 is 9.42 Å². The Morgan fingerprint density at radius 1 is 0.882 bits per heavy atom. The SMILES string of the molecule is C[N+]1=C=[N+](c2[c-]c(Oc3[c-]c(-c4[c-]c(-c5[c-]cccc5)ncn4)[c-]cc3)ccc2)C=C1.[Cl][Pt].[Pt+2]. The van der Waals surface area contributed by atoms with Crippen molar-refractivity contribution in [2.24, 2.45) is 0 Å². The smallest absolute Gasteiger partial charge is 2.00 e. The van der Waals surface area contributed by atoms with E-state index in [1.165, 1.54) is 6.33 Å². The number of hydrogen-bond donors (Lipinski definition) is 0. The van der Waals surface area contributed by atoms with Crippen LogP contribution in [0.4, 0.5) is 5.69 Å². The van der Waals surface area contributed by atoms with E-state index in [2.05, 4.69) is 55.7 Å². The molecule has 0 radical (unpaired) electrons. The molecule has 0 bridgehead atoms. The molecule has 0 unspecified atom stereocenters. The van der Waals surface area contributed by atoms with E-state index in [0.717, 1.165) is 11.3 Å². The van der Waals surface area contributed by atoms with Crippen molar-refractivity contribution in [2.45, 2.75) is 0 Å². The van der Waals surface area contributed by atoms with E-state index in [1.807, 2.05) is 71.1 Å². The molecule has 34 heavy (non-hydrogen) atoms. The number of halogens is 1. The second kappa shape index (κ2) is 12.7. The molecular formula is C26H15ClN4OPt2-. The van der Waals surface area contributed by atoms with E-state index in [-0.39, 0.29) is 21.1 Å². The number of ether oxygens (including phenoxy) is 1. The summed E-state index contributed by atoms with van der Waals surface area (Å²) >= 11 is 1.61. The van der Waals surface area contributed by atoms with Crippen LogP contribution in [0.15, 0.2) is 73.3 Å². The molecule has 0 atom stereocenters. The van der Waals surface area contributed by atoms with Gasteiger partial charge in [-0.3, -0.25) is 6.07 Å². The minimum Gasteiger partial charge on any atom is 2.00 e. The zero-order chi connectivity index (χ0) is 23.0. The summed E-state index contributed by atoms with van der Waals surface area (Å²) < 4.78 is 9.68. The maximum absolute atomic E-state index is 6.00. The van der Waals surface area contributed by atoms with E-state index in [1.54, 1.807) is 30.9 Å². The number of rotatable bonds is 5. The molecule has 0 N–H and O–H groups in total. The number of aromatic nitrogens is 2. The molecule has 0 spiro atoms. The van der Waals surface area contributed by atoms with Gasteiger partial charge in [-0.15, -0.1) is 17.8 Å². The molecule has 0 fully saturated rings. The van der Waals surface area contributed by atoms with Crippen molar-refractivity contribution in [3.8, 4) is 34.0 Å². The van der Waals surface area contributed by atoms with E-state index in [9.17, 15) is 0 Å². The fourth-order valence-corrected chi connectivity index (χ4v) is 3.01. The van der Waals surface area contributed by atoms with Crippen molar-refractivity contribution in [1.82, 2.24) is 9.97 Å². The van der Waals surface area contributed by atoms with Crippen molar-refractivity contribution in [3.05, 3.63) is 104 Å². The molecule has 3 aromatic carbocycles. The van der Waals surface area contributed by atoms with Gasteiger partial charge in [0.15, 0.2) is 7.05 Å². The zero-order valence-corrected chi connectivity index (χ0v) is 22.9. The molecule has 1 aliphatic heterocycles. The molecule has 0 saturated heterocycles.